The van der Waals surface area contributed by atoms with Crippen molar-refractivity contribution in [3.05, 3.63) is 35.4 Å². The van der Waals surface area contributed by atoms with Crippen molar-refractivity contribution in [3.63, 3.8) is 0 Å². The van der Waals surface area contributed by atoms with Gasteiger partial charge in [-0.1, -0.05) is 12.1 Å². The average Bonchev–Trinajstić information content (AvgIpc) is 2.67. The van der Waals surface area contributed by atoms with Gasteiger partial charge in [-0.3, -0.25) is 0 Å². The van der Waals surface area contributed by atoms with Gasteiger partial charge in [-0.15, -0.1) is 0 Å². The van der Waals surface area contributed by atoms with Gasteiger partial charge in [0.05, 0.1) is 20.8 Å². The molecule has 7 heteroatoms. The molecule has 0 aliphatic rings. The van der Waals surface area contributed by atoms with Gasteiger partial charge in [0.2, 0.25) is 5.88 Å². The Labute approximate surface area is 145 Å². The molecule has 1 heterocycles. The van der Waals surface area contributed by atoms with Crippen molar-refractivity contribution in [2.75, 3.05) is 20.8 Å². The second-order valence-corrected chi connectivity index (χ2v) is 4.71. The fourth-order valence-corrected chi connectivity index (χ4v) is 2.21. The molecular weight excluding hydrogens is 320 g/mol. The minimum absolute atomic E-state index is 0.0935. The Bertz CT molecular complexity index is 862. The third kappa shape index (κ3) is 3.67. The van der Waals surface area contributed by atoms with Crippen LogP contribution in [0.4, 0.5) is 5.82 Å². The largest absolute Gasteiger partial charge is 0.497 e. The Hall–Kier alpha value is -3.58. The SMILES string of the molecule is CCOC=Nc1nc(OC)c(C#N)c(-c2ccc(OC)cc2)c1C#N. The Morgan fingerprint density at radius 2 is 1.76 bits per heavy atom. The van der Waals surface area contributed by atoms with Crippen LogP contribution in [-0.4, -0.2) is 32.2 Å². The molecule has 0 unspecified atom stereocenters. The van der Waals surface area contributed by atoms with E-state index < -0.39 is 0 Å². The van der Waals surface area contributed by atoms with E-state index in [0.29, 0.717) is 23.5 Å². The van der Waals surface area contributed by atoms with Crippen molar-refractivity contribution in [2.45, 2.75) is 6.92 Å². The Morgan fingerprint density at radius 3 is 2.28 bits per heavy atom. The summed E-state index contributed by atoms with van der Waals surface area (Å²) < 4.78 is 15.4. The van der Waals surface area contributed by atoms with Crippen LogP contribution in [-0.2, 0) is 4.74 Å². The lowest BCUT2D eigenvalue weighted by molar-refractivity contribution is 0.343. The quantitative estimate of drug-likeness (QED) is 0.593. The molecule has 1 aromatic carbocycles. The van der Waals surface area contributed by atoms with E-state index in [2.05, 4.69) is 22.1 Å². The number of hydrogen-bond acceptors (Lipinski definition) is 7. The van der Waals surface area contributed by atoms with E-state index in [0.717, 1.165) is 0 Å². The number of benzene rings is 1. The first kappa shape index (κ1) is 17.8. The normalized spacial score (nSPS) is 10.1. The minimum Gasteiger partial charge on any atom is -0.497 e. The molecule has 0 radical (unpaired) electrons. The van der Waals surface area contributed by atoms with Crippen molar-refractivity contribution < 1.29 is 14.2 Å². The van der Waals surface area contributed by atoms with E-state index in [9.17, 15) is 10.5 Å². The summed E-state index contributed by atoms with van der Waals surface area (Å²) in [6, 6.07) is 11.1. The third-order valence-electron chi connectivity index (χ3n) is 3.36. The van der Waals surface area contributed by atoms with E-state index in [4.69, 9.17) is 14.2 Å². The summed E-state index contributed by atoms with van der Waals surface area (Å²) in [5.41, 5.74) is 1.39. The summed E-state index contributed by atoms with van der Waals surface area (Å²) in [7, 11) is 2.97. The number of nitriles is 2. The van der Waals surface area contributed by atoms with Crippen LogP contribution < -0.4 is 9.47 Å². The molecule has 0 aliphatic heterocycles. The first-order valence-corrected chi connectivity index (χ1v) is 7.40. The molecule has 0 N–H and O–H groups in total. The molecule has 2 rings (SSSR count). The molecule has 7 nitrogen and oxygen atoms in total. The second kappa shape index (κ2) is 8.32. The van der Waals surface area contributed by atoms with Gasteiger partial charge in [0.25, 0.3) is 0 Å². The standard InChI is InChI=1S/C18H16N4O3/c1-4-25-11-21-17-14(9-19)16(15(10-20)18(22-17)24-3)12-5-7-13(23-2)8-6-12/h5-8,11H,4H2,1-3H3. The Balaban J connectivity index is 2.75. The van der Waals surface area contributed by atoms with Crippen molar-refractivity contribution in [2.24, 2.45) is 4.99 Å². The summed E-state index contributed by atoms with van der Waals surface area (Å²) in [5, 5.41) is 19.2. The van der Waals surface area contributed by atoms with Gasteiger partial charge in [0.15, 0.2) is 12.2 Å². The topological polar surface area (TPSA) is 101 Å². The van der Waals surface area contributed by atoms with Crippen LogP contribution in [0.15, 0.2) is 29.3 Å². The lowest BCUT2D eigenvalue weighted by Crippen LogP contribution is -2.00. The first-order chi connectivity index (χ1) is 12.2. The van der Waals surface area contributed by atoms with Gasteiger partial charge in [0.1, 0.15) is 29.0 Å². The predicted molar refractivity (Wildman–Crippen MR) is 92.0 cm³/mol. The highest BCUT2D eigenvalue weighted by Gasteiger charge is 2.21. The molecule has 0 saturated carbocycles. The Kier molecular flexibility index (Phi) is 5.92. The maximum Gasteiger partial charge on any atom is 0.234 e. The number of ether oxygens (including phenoxy) is 3. The predicted octanol–water partition coefficient (Wildman–Crippen LogP) is 3.21. The highest BCUT2D eigenvalue weighted by Crippen LogP contribution is 2.37. The van der Waals surface area contributed by atoms with Crippen LogP contribution in [0.5, 0.6) is 11.6 Å². The van der Waals surface area contributed by atoms with Crippen molar-refractivity contribution >= 4 is 12.2 Å². The molecule has 0 atom stereocenters. The molecule has 25 heavy (non-hydrogen) atoms. The maximum atomic E-state index is 9.62. The fourth-order valence-electron chi connectivity index (χ4n) is 2.21. The van der Waals surface area contributed by atoms with Crippen LogP contribution in [0, 0.1) is 22.7 Å². The molecule has 0 saturated heterocycles. The molecule has 0 fully saturated rings. The third-order valence-corrected chi connectivity index (χ3v) is 3.36. The first-order valence-electron chi connectivity index (χ1n) is 7.40. The van der Waals surface area contributed by atoms with Gasteiger partial charge >= 0.3 is 0 Å². The molecule has 2 aromatic rings. The van der Waals surface area contributed by atoms with Crippen molar-refractivity contribution in [3.8, 4) is 34.9 Å². The molecule has 0 spiro atoms. The number of rotatable bonds is 6. The van der Waals surface area contributed by atoms with E-state index in [1.54, 1.807) is 31.4 Å². The van der Waals surface area contributed by atoms with Crippen LogP contribution in [0.1, 0.15) is 18.1 Å². The lowest BCUT2D eigenvalue weighted by atomic mass is 9.96. The lowest BCUT2D eigenvalue weighted by Gasteiger charge is -2.12. The van der Waals surface area contributed by atoms with Crippen LogP contribution >= 0.6 is 0 Å². The number of pyridine rings is 1. The molecule has 0 amide bonds. The summed E-state index contributed by atoms with van der Waals surface area (Å²) in [6.07, 6.45) is 1.21. The van der Waals surface area contributed by atoms with Crippen LogP contribution in [0.3, 0.4) is 0 Å². The zero-order chi connectivity index (χ0) is 18.2. The number of aliphatic imine (C=N–C) groups is 1. The zero-order valence-electron chi connectivity index (χ0n) is 14.1. The van der Waals surface area contributed by atoms with Crippen molar-refractivity contribution in [1.29, 1.82) is 10.5 Å². The second-order valence-electron chi connectivity index (χ2n) is 4.71. The Morgan fingerprint density at radius 1 is 1.08 bits per heavy atom. The number of hydrogen-bond donors (Lipinski definition) is 0. The molecule has 1 aromatic heterocycles. The molecule has 0 bridgehead atoms. The number of aromatic nitrogens is 1. The van der Waals surface area contributed by atoms with Gasteiger partial charge in [0, 0.05) is 5.56 Å². The van der Waals surface area contributed by atoms with Gasteiger partial charge in [-0.2, -0.15) is 20.5 Å². The van der Waals surface area contributed by atoms with E-state index >= 15 is 0 Å². The minimum atomic E-state index is 0.0935. The summed E-state index contributed by atoms with van der Waals surface area (Å²) in [5.74, 6) is 0.880. The number of nitrogens with zero attached hydrogens (tertiary/aromatic N) is 4. The average molecular weight is 336 g/mol. The van der Waals surface area contributed by atoms with Gasteiger partial charge in [-0.05, 0) is 24.6 Å². The van der Waals surface area contributed by atoms with Gasteiger partial charge < -0.3 is 14.2 Å². The summed E-state index contributed by atoms with van der Waals surface area (Å²) in [6.45, 7) is 2.25. The summed E-state index contributed by atoms with van der Waals surface area (Å²) in [4.78, 5) is 8.23. The number of methoxy groups -OCH3 is 2. The highest BCUT2D eigenvalue weighted by atomic mass is 16.5. The van der Waals surface area contributed by atoms with Crippen LogP contribution in [0.2, 0.25) is 0 Å². The maximum absolute atomic E-state index is 9.62. The molecule has 0 aliphatic carbocycles. The van der Waals surface area contributed by atoms with Crippen molar-refractivity contribution in [1.82, 2.24) is 4.98 Å². The van der Waals surface area contributed by atoms with Crippen LogP contribution in [0.25, 0.3) is 11.1 Å². The molecule has 126 valence electrons. The van der Waals surface area contributed by atoms with Gasteiger partial charge in [-0.25, -0.2) is 0 Å². The molecular formula is C18H16N4O3. The highest BCUT2D eigenvalue weighted by molar-refractivity contribution is 5.83. The van der Waals surface area contributed by atoms with E-state index in [-0.39, 0.29) is 22.8 Å². The zero-order valence-corrected chi connectivity index (χ0v) is 14.1. The van der Waals surface area contributed by atoms with E-state index in [1.807, 2.05) is 6.92 Å². The summed E-state index contributed by atoms with van der Waals surface area (Å²) >= 11 is 0. The monoisotopic (exact) mass is 336 g/mol. The fraction of sp³-hybridized carbons (Fsp3) is 0.222. The van der Waals surface area contributed by atoms with E-state index in [1.165, 1.54) is 13.5 Å². The smallest absolute Gasteiger partial charge is 0.234 e.